The third-order valence-electron chi connectivity index (χ3n) is 4.02. The highest BCUT2D eigenvalue weighted by Crippen LogP contribution is 2.29. The number of nitrogens with zero attached hydrogens (tertiary/aromatic N) is 2. The molecular formula is C20H24N4O2. The number of hydrogen-bond acceptors (Lipinski definition) is 6. The Labute approximate surface area is 153 Å². The van der Waals surface area contributed by atoms with Gasteiger partial charge in [-0.15, -0.1) is 0 Å². The van der Waals surface area contributed by atoms with Crippen molar-refractivity contribution < 1.29 is 9.47 Å². The van der Waals surface area contributed by atoms with Crippen molar-refractivity contribution in [2.24, 2.45) is 0 Å². The minimum absolute atomic E-state index is 0.529. The van der Waals surface area contributed by atoms with Gasteiger partial charge in [-0.25, -0.2) is 4.98 Å². The summed E-state index contributed by atoms with van der Waals surface area (Å²) in [5.74, 6) is 2.09. The Kier molecular flexibility index (Phi) is 5.86. The van der Waals surface area contributed by atoms with E-state index >= 15 is 0 Å². The minimum Gasteiger partial charge on any atom is -0.495 e. The highest BCUT2D eigenvalue weighted by Gasteiger charge is 2.10. The number of ether oxygens (including phenoxy) is 2. The maximum atomic E-state index is 5.43. The average Bonchev–Trinajstić information content (AvgIpc) is 2.65. The fourth-order valence-electron chi connectivity index (χ4n) is 2.73. The molecule has 1 heterocycles. The zero-order chi connectivity index (χ0) is 18.4. The lowest BCUT2D eigenvalue weighted by atomic mass is 10.2. The Bertz CT molecular complexity index is 883. The van der Waals surface area contributed by atoms with Gasteiger partial charge in [0.25, 0.3) is 0 Å². The number of rotatable bonds is 8. The van der Waals surface area contributed by atoms with E-state index in [1.807, 2.05) is 49.4 Å². The third-order valence-corrected chi connectivity index (χ3v) is 4.02. The molecule has 0 unspecified atom stereocenters. The monoisotopic (exact) mass is 352 g/mol. The van der Waals surface area contributed by atoms with Gasteiger partial charge in [-0.3, -0.25) is 0 Å². The minimum atomic E-state index is 0.529. The smallest absolute Gasteiger partial charge is 0.229 e. The summed E-state index contributed by atoms with van der Waals surface area (Å²) in [5, 5.41) is 7.67. The number of benzene rings is 2. The zero-order valence-corrected chi connectivity index (χ0v) is 15.4. The number of fused-ring (bicyclic) bond motifs is 1. The summed E-state index contributed by atoms with van der Waals surface area (Å²) < 4.78 is 10.5. The van der Waals surface area contributed by atoms with Gasteiger partial charge in [0.15, 0.2) is 0 Å². The summed E-state index contributed by atoms with van der Waals surface area (Å²) in [6.07, 6.45) is 0.906. The van der Waals surface area contributed by atoms with Gasteiger partial charge in [-0.05, 0) is 43.2 Å². The van der Waals surface area contributed by atoms with Crippen LogP contribution in [0.1, 0.15) is 12.0 Å². The van der Waals surface area contributed by atoms with Crippen molar-refractivity contribution in [1.82, 2.24) is 9.97 Å². The average molecular weight is 352 g/mol. The van der Waals surface area contributed by atoms with Crippen molar-refractivity contribution in [3.63, 3.8) is 0 Å². The topological polar surface area (TPSA) is 68.3 Å². The molecular weight excluding hydrogens is 328 g/mol. The van der Waals surface area contributed by atoms with E-state index in [4.69, 9.17) is 9.47 Å². The van der Waals surface area contributed by atoms with Crippen LogP contribution in [0.5, 0.6) is 5.75 Å². The van der Waals surface area contributed by atoms with Gasteiger partial charge in [0, 0.05) is 25.6 Å². The van der Waals surface area contributed by atoms with E-state index in [2.05, 4.69) is 20.6 Å². The Morgan fingerprint density at radius 1 is 1.04 bits per heavy atom. The summed E-state index contributed by atoms with van der Waals surface area (Å²) >= 11 is 0. The van der Waals surface area contributed by atoms with Crippen LogP contribution in [-0.2, 0) is 4.74 Å². The van der Waals surface area contributed by atoms with E-state index < -0.39 is 0 Å². The van der Waals surface area contributed by atoms with Crippen molar-refractivity contribution in [1.29, 1.82) is 0 Å². The molecule has 0 bridgehead atoms. The van der Waals surface area contributed by atoms with Crippen LogP contribution in [0.3, 0.4) is 0 Å². The van der Waals surface area contributed by atoms with E-state index in [1.54, 1.807) is 14.2 Å². The molecule has 2 aromatic carbocycles. The molecule has 1 aromatic heterocycles. The number of methoxy groups -OCH3 is 2. The second-order valence-electron chi connectivity index (χ2n) is 6.01. The molecule has 0 aliphatic carbocycles. The molecule has 3 aromatic rings. The predicted octanol–water partition coefficient (Wildman–Crippen LogP) is 4.14. The van der Waals surface area contributed by atoms with Crippen LogP contribution in [0.15, 0.2) is 42.5 Å². The number of nitrogens with one attached hydrogen (secondary N) is 2. The fraction of sp³-hybridized carbons (Fsp3) is 0.300. The Morgan fingerprint density at radius 2 is 1.88 bits per heavy atom. The maximum Gasteiger partial charge on any atom is 0.229 e. The van der Waals surface area contributed by atoms with E-state index in [9.17, 15) is 0 Å². The summed E-state index contributed by atoms with van der Waals surface area (Å²) in [6, 6.07) is 13.9. The number of para-hydroxylation sites is 1. The molecule has 2 N–H and O–H groups in total. The first-order valence-corrected chi connectivity index (χ1v) is 8.62. The number of hydrogen-bond donors (Lipinski definition) is 2. The molecule has 26 heavy (non-hydrogen) atoms. The van der Waals surface area contributed by atoms with Gasteiger partial charge in [0.1, 0.15) is 11.6 Å². The molecule has 0 aliphatic rings. The van der Waals surface area contributed by atoms with Crippen molar-refractivity contribution in [3.8, 4) is 5.75 Å². The second kappa shape index (κ2) is 8.49. The van der Waals surface area contributed by atoms with E-state index in [1.165, 1.54) is 0 Å². The normalized spacial score (nSPS) is 10.7. The molecule has 0 aliphatic heterocycles. The molecule has 0 saturated carbocycles. The standard InChI is InChI=1S/C20H24N4O2/c1-14-9-10-18(26-3)17(13-14)23-20-22-16-8-5-4-7-15(16)19(24-20)21-11-6-12-25-2/h4-5,7-10,13H,6,11-12H2,1-3H3,(H2,21,22,23,24). The van der Waals surface area contributed by atoms with Crippen LogP contribution in [0.2, 0.25) is 0 Å². The van der Waals surface area contributed by atoms with E-state index in [0.717, 1.165) is 46.7 Å². The lowest BCUT2D eigenvalue weighted by Crippen LogP contribution is -2.09. The van der Waals surface area contributed by atoms with Crippen LogP contribution < -0.4 is 15.4 Å². The molecule has 0 atom stereocenters. The number of aromatic nitrogens is 2. The molecule has 0 spiro atoms. The van der Waals surface area contributed by atoms with Crippen LogP contribution >= 0.6 is 0 Å². The molecule has 0 radical (unpaired) electrons. The van der Waals surface area contributed by atoms with Gasteiger partial charge in [0.05, 0.1) is 18.3 Å². The number of aryl methyl sites for hydroxylation is 1. The maximum absolute atomic E-state index is 5.43. The van der Waals surface area contributed by atoms with Gasteiger partial charge < -0.3 is 20.1 Å². The first-order valence-electron chi connectivity index (χ1n) is 8.62. The third kappa shape index (κ3) is 4.21. The van der Waals surface area contributed by atoms with E-state index in [0.29, 0.717) is 12.6 Å². The van der Waals surface area contributed by atoms with E-state index in [-0.39, 0.29) is 0 Å². The fourth-order valence-corrected chi connectivity index (χ4v) is 2.73. The summed E-state index contributed by atoms with van der Waals surface area (Å²) in [4.78, 5) is 9.31. The van der Waals surface area contributed by atoms with Crippen molar-refractivity contribution in [3.05, 3.63) is 48.0 Å². The molecule has 3 rings (SSSR count). The van der Waals surface area contributed by atoms with Gasteiger partial charge in [0.2, 0.25) is 5.95 Å². The first kappa shape index (κ1) is 17.9. The number of anilines is 3. The first-order chi connectivity index (χ1) is 12.7. The molecule has 6 heteroatoms. The summed E-state index contributed by atoms with van der Waals surface area (Å²) in [7, 11) is 3.36. The van der Waals surface area contributed by atoms with Gasteiger partial charge >= 0.3 is 0 Å². The van der Waals surface area contributed by atoms with Gasteiger partial charge in [-0.1, -0.05) is 18.2 Å². The second-order valence-corrected chi connectivity index (χ2v) is 6.01. The molecule has 0 saturated heterocycles. The van der Waals surface area contributed by atoms with Crippen LogP contribution in [0, 0.1) is 6.92 Å². The van der Waals surface area contributed by atoms with Crippen LogP contribution in [0.25, 0.3) is 10.9 Å². The largest absolute Gasteiger partial charge is 0.495 e. The van der Waals surface area contributed by atoms with Crippen molar-refractivity contribution in [2.45, 2.75) is 13.3 Å². The molecule has 0 fully saturated rings. The molecule has 0 amide bonds. The highest BCUT2D eigenvalue weighted by molar-refractivity contribution is 5.90. The van der Waals surface area contributed by atoms with Crippen molar-refractivity contribution in [2.75, 3.05) is 38.0 Å². The Balaban J connectivity index is 1.92. The lowest BCUT2D eigenvalue weighted by molar-refractivity contribution is 0.198. The summed E-state index contributed by atoms with van der Waals surface area (Å²) in [5.41, 5.74) is 2.85. The zero-order valence-electron chi connectivity index (χ0n) is 15.4. The molecule has 136 valence electrons. The SMILES string of the molecule is COCCCNc1nc(Nc2cc(C)ccc2OC)nc2ccccc12. The quantitative estimate of drug-likeness (QED) is 0.594. The summed E-state index contributed by atoms with van der Waals surface area (Å²) in [6.45, 7) is 3.53. The Morgan fingerprint density at radius 3 is 2.69 bits per heavy atom. The van der Waals surface area contributed by atoms with Crippen molar-refractivity contribution >= 4 is 28.4 Å². The lowest BCUT2D eigenvalue weighted by Gasteiger charge is -2.14. The highest BCUT2D eigenvalue weighted by atomic mass is 16.5. The van der Waals surface area contributed by atoms with Crippen LogP contribution in [0.4, 0.5) is 17.5 Å². The van der Waals surface area contributed by atoms with Crippen LogP contribution in [-0.4, -0.2) is 37.3 Å². The van der Waals surface area contributed by atoms with Gasteiger partial charge in [-0.2, -0.15) is 4.98 Å². The predicted molar refractivity (Wildman–Crippen MR) is 106 cm³/mol. The molecule has 6 nitrogen and oxygen atoms in total. The Hall–Kier alpha value is -2.86.